The van der Waals surface area contributed by atoms with Gasteiger partial charge in [-0.15, -0.1) is 10.2 Å². The summed E-state index contributed by atoms with van der Waals surface area (Å²) in [6.45, 7) is 3.08. The number of ether oxygens (including phenoxy) is 1. The monoisotopic (exact) mass is 345 g/mol. The Kier molecular flexibility index (Phi) is 5.91. The number of carbonyl (C=O) groups excluding carboxylic acids is 1. The van der Waals surface area contributed by atoms with Crippen LogP contribution in [0, 0.1) is 0 Å². The van der Waals surface area contributed by atoms with Crippen molar-refractivity contribution in [3.05, 3.63) is 41.7 Å². The van der Waals surface area contributed by atoms with Crippen LogP contribution < -0.4 is 0 Å². The minimum Gasteiger partial charge on any atom is -0.466 e. The van der Waals surface area contributed by atoms with E-state index in [1.165, 1.54) is 18.4 Å². The Bertz CT molecular complexity index is 668. The van der Waals surface area contributed by atoms with Gasteiger partial charge in [-0.05, 0) is 31.7 Å². The number of rotatable bonds is 9. The molecule has 24 heavy (non-hydrogen) atoms. The molecule has 0 aliphatic heterocycles. The fraction of sp³-hybridized carbons (Fsp3) is 0.500. The molecule has 1 aromatic carbocycles. The number of esters is 1. The maximum Gasteiger partial charge on any atom is 0.305 e. The van der Waals surface area contributed by atoms with Gasteiger partial charge in [0, 0.05) is 18.1 Å². The number of nitrogens with zero attached hydrogens (tertiary/aromatic N) is 3. The van der Waals surface area contributed by atoms with Gasteiger partial charge in [0.1, 0.15) is 5.82 Å². The van der Waals surface area contributed by atoms with Crippen molar-refractivity contribution < 1.29 is 9.53 Å². The van der Waals surface area contributed by atoms with E-state index in [2.05, 4.69) is 39.0 Å². The number of hydrogen-bond acceptors (Lipinski definition) is 5. The fourth-order valence-corrected chi connectivity index (χ4v) is 3.46. The standard InChI is InChI=1S/C18H23N3O2S/c1-2-23-16(22)9-6-12-24-18-20-19-17(15-10-11-15)21(18)13-14-7-4-3-5-8-14/h3-5,7-8,15H,2,6,9-13H2,1H3. The summed E-state index contributed by atoms with van der Waals surface area (Å²) >= 11 is 1.67. The molecule has 1 heterocycles. The van der Waals surface area contributed by atoms with Crippen molar-refractivity contribution in [1.82, 2.24) is 14.8 Å². The first-order valence-corrected chi connectivity index (χ1v) is 9.52. The van der Waals surface area contributed by atoms with Crippen LogP contribution in [0.25, 0.3) is 0 Å². The number of hydrogen-bond donors (Lipinski definition) is 0. The van der Waals surface area contributed by atoms with Crippen LogP contribution in [0.1, 0.15) is 49.9 Å². The summed E-state index contributed by atoms with van der Waals surface area (Å²) < 4.78 is 7.20. The summed E-state index contributed by atoms with van der Waals surface area (Å²) in [6.07, 6.45) is 3.67. The van der Waals surface area contributed by atoms with Crippen molar-refractivity contribution in [2.45, 2.75) is 50.2 Å². The number of thioether (sulfide) groups is 1. The Morgan fingerprint density at radius 1 is 1.29 bits per heavy atom. The molecule has 3 rings (SSSR count). The van der Waals surface area contributed by atoms with Crippen molar-refractivity contribution in [3.63, 3.8) is 0 Å². The lowest BCUT2D eigenvalue weighted by molar-refractivity contribution is -0.143. The second kappa shape index (κ2) is 8.33. The second-order valence-corrected chi connectivity index (χ2v) is 7.01. The molecule has 5 nitrogen and oxygen atoms in total. The average molecular weight is 345 g/mol. The molecule has 1 aliphatic carbocycles. The maximum absolute atomic E-state index is 11.4. The molecule has 1 fully saturated rings. The highest BCUT2D eigenvalue weighted by Gasteiger charge is 2.30. The summed E-state index contributed by atoms with van der Waals surface area (Å²) in [5.41, 5.74) is 1.26. The molecule has 0 saturated heterocycles. The molecule has 128 valence electrons. The Hall–Kier alpha value is -1.82. The SMILES string of the molecule is CCOC(=O)CCCSc1nnc(C2CC2)n1Cc1ccccc1. The molecular formula is C18H23N3O2S. The first kappa shape index (κ1) is 17.0. The lowest BCUT2D eigenvalue weighted by atomic mass is 10.2. The van der Waals surface area contributed by atoms with Crippen molar-refractivity contribution in [1.29, 1.82) is 0 Å². The summed E-state index contributed by atoms with van der Waals surface area (Å²) in [7, 11) is 0. The molecule has 2 aromatic rings. The Morgan fingerprint density at radius 2 is 2.08 bits per heavy atom. The van der Waals surface area contributed by atoms with Crippen molar-refractivity contribution >= 4 is 17.7 Å². The third-order valence-corrected chi connectivity index (χ3v) is 4.99. The highest BCUT2D eigenvalue weighted by Crippen LogP contribution is 2.40. The predicted octanol–water partition coefficient (Wildman–Crippen LogP) is 3.64. The average Bonchev–Trinajstić information content (AvgIpc) is 3.36. The largest absolute Gasteiger partial charge is 0.466 e. The zero-order valence-corrected chi connectivity index (χ0v) is 14.8. The summed E-state index contributed by atoms with van der Waals surface area (Å²) in [6, 6.07) is 10.4. The van der Waals surface area contributed by atoms with E-state index < -0.39 is 0 Å². The van der Waals surface area contributed by atoms with Gasteiger partial charge in [0.15, 0.2) is 5.16 Å². The molecule has 1 aromatic heterocycles. The molecule has 1 saturated carbocycles. The number of aromatic nitrogens is 3. The second-order valence-electron chi connectivity index (χ2n) is 5.94. The molecule has 0 bridgehead atoms. The molecule has 0 N–H and O–H groups in total. The third-order valence-electron chi connectivity index (χ3n) is 3.93. The van der Waals surface area contributed by atoms with E-state index in [1.807, 2.05) is 13.0 Å². The highest BCUT2D eigenvalue weighted by molar-refractivity contribution is 7.99. The van der Waals surface area contributed by atoms with E-state index in [0.717, 1.165) is 29.7 Å². The smallest absolute Gasteiger partial charge is 0.305 e. The Labute approximate surface area is 146 Å². The van der Waals surface area contributed by atoms with E-state index in [4.69, 9.17) is 4.74 Å². The Balaban J connectivity index is 1.61. The molecule has 0 atom stereocenters. The molecular weight excluding hydrogens is 322 g/mol. The van der Waals surface area contributed by atoms with E-state index in [9.17, 15) is 4.79 Å². The van der Waals surface area contributed by atoms with Crippen LogP contribution in [0.2, 0.25) is 0 Å². The van der Waals surface area contributed by atoms with Gasteiger partial charge in [-0.3, -0.25) is 4.79 Å². The minimum atomic E-state index is -0.123. The van der Waals surface area contributed by atoms with Crippen LogP contribution >= 0.6 is 11.8 Å². The van der Waals surface area contributed by atoms with Gasteiger partial charge in [0.25, 0.3) is 0 Å². The van der Waals surface area contributed by atoms with Gasteiger partial charge in [0.2, 0.25) is 0 Å². The third kappa shape index (κ3) is 4.60. The predicted molar refractivity (Wildman–Crippen MR) is 94.1 cm³/mol. The van der Waals surface area contributed by atoms with Crippen molar-refractivity contribution in [2.75, 3.05) is 12.4 Å². The minimum absolute atomic E-state index is 0.123. The van der Waals surface area contributed by atoms with E-state index in [0.29, 0.717) is 18.9 Å². The first-order valence-electron chi connectivity index (χ1n) is 8.53. The van der Waals surface area contributed by atoms with Crippen LogP contribution in [0.3, 0.4) is 0 Å². The number of carbonyl (C=O) groups is 1. The quantitative estimate of drug-likeness (QED) is 0.394. The Morgan fingerprint density at radius 3 is 2.79 bits per heavy atom. The molecule has 0 amide bonds. The van der Waals surface area contributed by atoms with E-state index >= 15 is 0 Å². The number of benzene rings is 1. The van der Waals surface area contributed by atoms with Crippen LogP contribution in [0.4, 0.5) is 0 Å². The maximum atomic E-state index is 11.4. The summed E-state index contributed by atoms with van der Waals surface area (Å²) in [5.74, 6) is 2.39. The van der Waals surface area contributed by atoms with Gasteiger partial charge in [-0.1, -0.05) is 42.1 Å². The highest BCUT2D eigenvalue weighted by atomic mass is 32.2. The first-order chi connectivity index (χ1) is 11.8. The van der Waals surface area contributed by atoms with Crippen molar-refractivity contribution in [3.8, 4) is 0 Å². The van der Waals surface area contributed by atoms with Gasteiger partial charge in [-0.25, -0.2) is 0 Å². The van der Waals surface area contributed by atoms with E-state index in [-0.39, 0.29) is 5.97 Å². The van der Waals surface area contributed by atoms with Crippen LogP contribution in [-0.2, 0) is 16.1 Å². The molecule has 1 aliphatic rings. The van der Waals surface area contributed by atoms with Gasteiger partial charge < -0.3 is 9.30 Å². The zero-order chi connectivity index (χ0) is 16.8. The summed E-state index contributed by atoms with van der Waals surface area (Å²) in [5, 5.41) is 9.75. The normalized spacial score (nSPS) is 13.9. The molecule has 0 spiro atoms. The summed E-state index contributed by atoms with van der Waals surface area (Å²) in [4.78, 5) is 11.4. The topological polar surface area (TPSA) is 57.0 Å². The lowest BCUT2D eigenvalue weighted by Crippen LogP contribution is -2.07. The van der Waals surface area contributed by atoms with Crippen LogP contribution in [0.5, 0.6) is 0 Å². The molecule has 6 heteroatoms. The van der Waals surface area contributed by atoms with Crippen molar-refractivity contribution in [2.24, 2.45) is 0 Å². The van der Waals surface area contributed by atoms with Gasteiger partial charge >= 0.3 is 5.97 Å². The van der Waals surface area contributed by atoms with Gasteiger partial charge in [0.05, 0.1) is 13.2 Å². The molecule has 0 unspecified atom stereocenters. The molecule has 0 radical (unpaired) electrons. The van der Waals surface area contributed by atoms with Crippen LogP contribution in [0.15, 0.2) is 35.5 Å². The zero-order valence-electron chi connectivity index (χ0n) is 14.0. The lowest BCUT2D eigenvalue weighted by Gasteiger charge is -2.10. The van der Waals surface area contributed by atoms with Gasteiger partial charge in [-0.2, -0.15) is 0 Å². The van der Waals surface area contributed by atoms with E-state index in [1.54, 1.807) is 11.8 Å². The fourth-order valence-electron chi connectivity index (χ4n) is 2.58. The van der Waals surface area contributed by atoms with Crippen LogP contribution in [-0.4, -0.2) is 33.1 Å².